The van der Waals surface area contributed by atoms with E-state index in [9.17, 15) is 9.18 Å². The Balaban J connectivity index is 3.01. The minimum absolute atomic E-state index is 0.150. The Morgan fingerprint density at radius 2 is 2.14 bits per heavy atom. The van der Waals surface area contributed by atoms with Crippen molar-refractivity contribution in [3.63, 3.8) is 0 Å². The molecule has 21 heavy (non-hydrogen) atoms. The van der Waals surface area contributed by atoms with Gasteiger partial charge in [0, 0.05) is 6.07 Å². The average Bonchev–Trinajstić information content (AvgIpc) is 2.36. The van der Waals surface area contributed by atoms with Crippen LogP contribution in [0.25, 0.3) is 0 Å². The SMILES string of the molecule is CSC(=Nc1ccc(C(=O)OC(C)(C)C)c(F)c1)NC#N. The fraction of sp³-hybridized carbons (Fsp3) is 0.357. The Morgan fingerprint density at radius 1 is 1.48 bits per heavy atom. The number of amidine groups is 1. The molecule has 0 aliphatic carbocycles. The number of halogens is 1. The zero-order chi connectivity index (χ0) is 16.0. The van der Waals surface area contributed by atoms with Crippen LogP contribution < -0.4 is 5.32 Å². The van der Waals surface area contributed by atoms with Crippen LogP contribution in [0, 0.1) is 17.3 Å². The molecule has 0 radical (unpaired) electrons. The van der Waals surface area contributed by atoms with E-state index in [2.05, 4.69) is 10.3 Å². The predicted octanol–water partition coefficient (Wildman–Crippen LogP) is 3.20. The molecule has 0 aromatic heterocycles. The van der Waals surface area contributed by atoms with Crippen molar-refractivity contribution in [3.05, 3.63) is 29.6 Å². The summed E-state index contributed by atoms with van der Waals surface area (Å²) in [6.07, 6.45) is 3.47. The normalized spacial score (nSPS) is 11.7. The Labute approximate surface area is 127 Å². The second kappa shape index (κ2) is 7.09. The molecule has 0 unspecified atom stereocenters. The standard InChI is InChI=1S/C14H16FN3O2S/c1-14(2,3)20-12(19)10-6-5-9(7-11(10)15)18-13(21-4)17-8-16/h5-7H,1-4H3,(H,17,18). The van der Waals surface area contributed by atoms with Crippen molar-refractivity contribution in [2.45, 2.75) is 26.4 Å². The Hall–Kier alpha value is -2.07. The van der Waals surface area contributed by atoms with E-state index < -0.39 is 17.4 Å². The minimum atomic E-state index is -0.726. The first-order valence-electron chi connectivity index (χ1n) is 6.07. The highest BCUT2D eigenvalue weighted by Crippen LogP contribution is 2.21. The van der Waals surface area contributed by atoms with Gasteiger partial charge in [-0.25, -0.2) is 14.2 Å². The van der Waals surface area contributed by atoms with Gasteiger partial charge in [-0.05, 0) is 39.2 Å². The summed E-state index contributed by atoms with van der Waals surface area (Å²) < 4.78 is 19.1. The van der Waals surface area contributed by atoms with Gasteiger partial charge in [0.2, 0.25) is 0 Å². The molecule has 0 amide bonds. The summed E-state index contributed by atoms with van der Waals surface area (Å²) >= 11 is 1.22. The predicted molar refractivity (Wildman–Crippen MR) is 80.9 cm³/mol. The molecule has 0 bridgehead atoms. The number of ether oxygens (including phenoxy) is 1. The highest BCUT2D eigenvalue weighted by Gasteiger charge is 2.20. The summed E-state index contributed by atoms with van der Waals surface area (Å²) in [5.74, 6) is -1.45. The van der Waals surface area contributed by atoms with Crippen molar-refractivity contribution in [2.24, 2.45) is 4.99 Å². The maximum atomic E-state index is 14.0. The first-order valence-corrected chi connectivity index (χ1v) is 7.30. The van der Waals surface area contributed by atoms with Gasteiger partial charge in [-0.2, -0.15) is 5.26 Å². The first kappa shape index (κ1) is 17.0. The number of nitriles is 1. The summed E-state index contributed by atoms with van der Waals surface area (Å²) in [6.45, 7) is 5.12. The van der Waals surface area contributed by atoms with Crippen molar-refractivity contribution in [1.82, 2.24) is 5.32 Å². The molecule has 112 valence electrons. The Kier molecular flexibility index (Phi) is 5.73. The lowest BCUT2D eigenvalue weighted by Crippen LogP contribution is -2.24. The van der Waals surface area contributed by atoms with Crippen molar-refractivity contribution >= 4 is 28.6 Å². The fourth-order valence-corrected chi connectivity index (χ4v) is 1.71. The third-order valence-corrected chi connectivity index (χ3v) is 2.74. The van der Waals surface area contributed by atoms with E-state index in [1.807, 2.05) is 0 Å². The molecule has 1 aromatic rings. The van der Waals surface area contributed by atoms with E-state index in [0.717, 1.165) is 6.07 Å². The van der Waals surface area contributed by atoms with Gasteiger partial charge in [0.1, 0.15) is 11.4 Å². The molecule has 0 aliphatic rings. The molecule has 0 aliphatic heterocycles. The van der Waals surface area contributed by atoms with Crippen LogP contribution in [-0.2, 0) is 4.74 Å². The second-order valence-electron chi connectivity index (χ2n) is 5.02. The van der Waals surface area contributed by atoms with Crippen molar-refractivity contribution in [2.75, 3.05) is 6.26 Å². The number of nitrogens with one attached hydrogen (secondary N) is 1. The van der Waals surface area contributed by atoms with Crippen LogP contribution in [0.1, 0.15) is 31.1 Å². The number of thioether (sulfide) groups is 1. The topological polar surface area (TPSA) is 74.5 Å². The van der Waals surface area contributed by atoms with E-state index in [1.54, 1.807) is 33.2 Å². The second-order valence-corrected chi connectivity index (χ2v) is 5.82. The van der Waals surface area contributed by atoms with Crippen LogP contribution in [0.3, 0.4) is 0 Å². The summed E-state index contributed by atoms with van der Waals surface area (Å²) in [5.41, 5.74) is -0.543. The molecule has 0 saturated heterocycles. The van der Waals surface area contributed by atoms with Gasteiger partial charge < -0.3 is 4.74 Å². The number of benzene rings is 1. The van der Waals surface area contributed by atoms with Crippen LogP contribution in [0.5, 0.6) is 0 Å². The van der Waals surface area contributed by atoms with Gasteiger partial charge in [-0.3, -0.25) is 5.32 Å². The molecule has 5 nitrogen and oxygen atoms in total. The summed E-state index contributed by atoms with van der Waals surface area (Å²) in [5, 5.41) is 11.2. The highest BCUT2D eigenvalue weighted by molar-refractivity contribution is 8.13. The highest BCUT2D eigenvalue weighted by atomic mass is 32.2. The number of carbonyl (C=O) groups is 1. The number of aliphatic imine (C=N–C) groups is 1. The monoisotopic (exact) mass is 309 g/mol. The van der Waals surface area contributed by atoms with Gasteiger partial charge in [0.05, 0.1) is 11.3 Å². The largest absolute Gasteiger partial charge is 0.456 e. The maximum Gasteiger partial charge on any atom is 0.341 e. The van der Waals surface area contributed by atoms with E-state index in [-0.39, 0.29) is 5.56 Å². The van der Waals surface area contributed by atoms with Crippen LogP contribution in [-0.4, -0.2) is 23.0 Å². The van der Waals surface area contributed by atoms with Gasteiger partial charge in [-0.15, -0.1) is 0 Å². The number of nitrogens with zero attached hydrogens (tertiary/aromatic N) is 2. The molecule has 1 rings (SSSR count). The molecular formula is C14H16FN3O2S. The zero-order valence-corrected chi connectivity index (χ0v) is 13.0. The minimum Gasteiger partial charge on any atom is -0.456 e. The maximum absolute atomic E-state index is 14.0. The first-order chi connectivity index (χ1) is 9.76. The lowest BCUT2D eigenvalue weighted by molar-refractivity contribution is 0.00648. The molecule has 0 fully saturated rings. The number of esters is 1. The van der Waals surface area contributed by atoms with Gasteiger partial charge in [0.25, 0.3) is 0 Å². The molecular weight excluding hydrogens is 293 g/mol. The van der Waals surface area contributed by atoms with E-state index in [1.165, 1.54) is 23.9 Å². The lowest BCUT2D eigenvalue weighted by atomic mass is 10.1. The molecule has 0 heterocycles. The quantitative estimate of drug-likeness (QED) is 0.298. The van der Waals surface area contributed by atoms with E-state index in [4.69, 9.17) is 10.00 Å². The summed E-state index contributed by atoms with van der Waals surface area (Å²) in [6, 6.07) is 3.92. The zero-order valence-electron chi connectivity index (χ0n) is 12.2. The van der Waals surface area contributed by atoms with Crippen molar-refractivity contribution in [3.8, 4) is 6.19 Å². The molecule has 1 aromatic carbocycles. The number of hydrogen-bond donors (Lipinski definition) is 1. The number of rotatable bonds is 2. The average molecular weight is 309 g/mol. The van der Waals surface area contributed by atoms with E-state index >= 15 is 0 Å². The smallest absolute Gasteiger partial charge is 0.341 e. The lowest BCUT2D eigenvalue weighted by Gasteiger charge is -2.19. The number of carbonyl (C=O) groups excluding carboxylic acids is 1. The van der Waals surface area contributed by atoms with Crippen LogP contribution in [0.2, 0.25) is 0 Å². The van der Waals surface area contributed by atoms with Crippen LogP contribution in [0.4, 0.5) is 10.1 Å². The molecule has 1 N–H and O–H groups in total. The van der Waals surface area contributed by atoms with Gasteiger partial charge in [0.15, 0.2) is 11.4 Å². The van der Waals surface area contributed by atoms with Crippen molar-refractivity contribution in [1.29, 1.82) is 5.26 Å². The fourth-order valence-electron chi connectivity index (χ4n) is 1.36. The molecule has 0 spiro atoms. The molecule has 7 heteroatoms. The Morgan fingerprint density at radius 3 is 2.62 bits per heavy atom. The third-order valence-electron chi connectivity index (χ3n) is 2.16. The van der Waals surface area contributed by atoms with Gasteiger partial charge in [-0.1, -0.05) is 11.8 Å². The van der Waals surface area contributed by atoms with Gasteiger partial charge >= 0.3 is 5.97 Å². The van der Waals surface area contributed by atoms with E-state index in [0.29, 0.717) is 10.9 Å². The Bertz CT molecular complexity index is 603. The molecule has 0 saturated carbocycles. The summed E-state index contributed by atoms with van der Waals surface area (Å²) in [7, 11) is 0. The summed E-state index contributed by atoms with van der Waals surface area (Å²) in [4.78, 5) is 15.9. The van der Waals surface area contributed by atoms with Crippen LogP contribution >= 0.6 is 11.8 Å². The number of hydrogen-bond acceptors (Lipinski definition) is 5. The van der Waals surface area contributed by atoms with Crippen LogP contribution in [0.15, 0.2) is 23.2 Å². The third kappa shape index (κ3) is 5.44. The van der Waals surface area contributed by atoms with Crippen molar-refractivity contribution < 1.29 is 13.9 Å². The molecule has 0 atom stereocenters.